The Morgan fingerprint density at radius 2 is 1.54 bits per heavy atom. The van der Waals surface area contributed by atoms with Gasteiger partial charge in [-0.25, -0.2) is 8.42 Å². The number of carbonyl (C=O) groups is 2. The van der Waals surface area contributed by atoms with Crippen LogP contribution in [0.2, 0.25) is 0 Å². The lowest BCUT2D eigenvalue weighted by atomic mass is 9.48. The second kappa shape index (κ2) is 12.2. The molecule has 4 aliphatic carbocycles. The maximum atomic E-state index is 13.8. The van der Waals surface area contributed by atoms with Crippen LogP contribution >= 0.6 is 0 Å². The predicted octanol–water partition coefficient (Wildman–Crippen LogP) is 4.91. The molecule has 2 amide bonds. The van der Waals surface area contributed by atoms with E-state index < -0.39 is 22.0 Å². The zero-order valence-corrected chi connectivity index (χ0v) is 25.5. The molecule has 0 unspecified atom stereocenters. The summed E-state index contributed by atoms with van der Waals surface area (Å²) in [5.41, 5.74) is 3.06. The summed E-state index contributed by atoms with van der Waals surface area (Å²) >= 11 is 0. The summed E-state index contributed by atoms with van der Waals surface area (Å²) < 4.78 is 27.2. The number of nitrogens with zero attached hydrogens (tertiary/aromatic N) is 2. The summed E-state index contributed by atoms with van der Waals surface area (Å²) in [6, 6.07) is 17.0. The van der Waals surface area contributed by atoms with Crippen LogP contribution in [-0.4, -0.2) is 57.1 Å². The Bertz CT molecular complexity index is 1290. The van der Waals surface area contributed by atoms with Crippen LogP contribution in [0.25, 0.3) is 0 Å². The maximum absolute atomic E-state index is 13.8. The Morgan fingerprint density at radius 3 is 2.07 bits per heavy atom. The van der Waals surface area contributed by atoms with Crippen molar-refractivity contribution in [3.05, 3.63) is 65.7 Å². The first-order chi connectivity index (χ1) is 19.6. The van der Waals surface area contributed by atoms with Crippen LogP contribution in [0.4, 0.5) is 5.69 Å². The van der Waals surface area contributed by atoms with Gasteiger partial charge < -0.3 is 10.2 Å². The summed E-state index contributed by atoms with van der Waals surface area (Å²) in [5.74, 6) is 1.84. The van der Waals surface area contributed by atoms with Crippen LogP contribution in [0.1, 0.15) is 69.9 Å². The van der Waals surface area contributed by atoms with E-state index in [2.05, 4.69) is 17.4 Å². The van der Waals surface area contributed by atoms with Crippen LogP contribution in [0.5, 0.6) is 0 Å². The fraction of sp³-hybridized carbons (Fsp3) is 0.576. The molecule has 8 heteroatoms. The summed E-state index contributed by atoms with van der Waals surface area (Å²) in [5, 5.41) is 2.88. The largest absolute Gasteiger partial charge is 0.354 e. The highest BCUT2D eigenvalue weighted by molar-refractivity contribution is 7.92. The van der Waals surface area contributed by atoms with Crippen molar-refractivity contribution in [3.63, 3.8) is 0 Å². The Hall–Kier alpha value is -2.87. The summed E-state index contributed by atoms with van der Waals surface area (Å²) in [4.78, 5) is 28.1. The van der Waals surface area contributed by atoms with Crippen molar-refractivity contribution < 1.29 is 18.0 Å². The van der Waals surface area contributed by atoms with E-state index in [0.29, 0.717) is 25.2 Å². The van der Waals surface area contributed by atoms with Crippen molar-refractivity contribution in [2.45, 2.75) is 76.7 Å². The number of rotatable bonds is 12. The fourth-order valence-corrected chi connectivity index (χ4v) is 8.87. The average Bonchev–Trinajstić information content (AvgIpc) is 2.94. The number of hydrogen-bond donors (Lipinski definition) is 1. The van der Waals surface area contributed by atoms with Crippen LogP contribution < -0.4 is 9.62 Å². The van der Waals surface area contributed by atoms with Crippen molar-refractivity contribution in [2.75, 3.05) is 30.2 Å². The normalized spacial score (nSPS) is 25.5. The number of nitrogens with one attached hydrogen (secondary N) is 1. The van der Waals surface area contributed by atoms with E-state index in [1.165, 1.54) is 53.3 Å². The lowest BCUT2D eigenvalue weighted by Gasteiger charge is -2.57. The number of amides is 2. The van der Waals surface area contributed by atoms with Gasteiger partial charge in [-0.05, 0) is 105 Å². The molecule has 0 aliphatic heterocycles. The molecule has 4 saturated carbocycles. The molecular weight excluding hydrogens is 534 g/mol. The lowest BCUT2D eigenvalue weighted by Crippen LogP contribution is -2.52. The van der Waals surface area contributed by atoms with E-state index in [1.807, 2.05) is 49.4 Å². The van der Waals surface area contributed by atoms with Gasteiger partial charge in [0.1, 0.15) is 12.6 Å². The Kier molecular flexibility index (Phi) is 8.78. The van der Waals surface area contributed by atoms with E-state index in [0.717, 1.165) is 36.0 Å². The molecule has 41 heavy (non-hydrogen) atoms. The first kappa shape index (κ1) is 29.6. The number of carbonyl (C=O) groups excluding carboxylic acids is 2. The average molecular weight is 580 g/mol. The molecule has 4 bridgehead atoms. The van der Waals surface area contributed by atoms with Crippen molar-refractivity contribution >= 4 is 27.5 Å². The Labute approximate surface area is 245 Å². The summed E-state index contributed by atoms with van der Waals surface area (Å²) in [6.45, 7) is 4.16. The number of sulfonamides is 1. The van der Waals surface area contributed by atoms with Gasteiger partial charge in [-0.1, -0.05) is 49.4 Å². The molecule has 1 N–H and O–H groups in total. The lowest BCUT2D eigenvalue weighted by molar-refractivity contribution is -0.138. The molecule has 4 fully saturated rings. The highest BCUT2D eigenvalue weighted by Crippen LogP contribution is 2.60. The minimum atomic E-state index is -3.75. The van der Waals surface area contributed by atoms with E-state index >= 15 is 0 Å². The van der Waals surface area contributed by atoms with Crippen LogP contribution in [0.15, 0.2) is 54.6 Å². The molecular formula is C33H45N3O4S. The predicted molar refractivity (Wildman–Crippen MR) is 163 cm³/mol. The Balaban J connectivity index is 1.35. The molecule has 4 aliphatic rings. The third-order valence-electron chi connectivity index (χ3n) is 9.69. The van der Waals surface area contributed by atoms with Crippen molar-refractivity contribution in [3.8, 4) is 0 Å². The van der Waals surface area contributed by atoms with E-state index in [4.69, 9.17) is 0 Å². The monoisotopic (exact) mass is 579 g/mol. The van der Waals surface area contributed by atoms with Crippen LogP contribution in [0.3, 0.4) is 0 Å². The maximum Gasteiger partial charge on any atom is 0.244 e. The standard InChI is InChI=1S/C33H45N3O4S/c1-4-15-34-32(38)24(2)35(16-14-25-8-6-5-7-9-25)31(37)23-36(41(3,39)40)30-12-10-29(11-13-30)33-20-26-17-27(21-33)19-28(18-26)22-33/h5-13,24,26-28H,4,14-23H2,1-3H3,(H,34,38)/t24-,26?,27?,28?,33?/m1/s1. The highest BCUT2D eigenvalue weighted by Gasteiger charge is 2.51. The summed E-state index contributed by atoms with van der Waals surface area (Å²) in [6.07, 6.45) is 10.3. The number of hydrogen-bond acceptors (Lipinski definition) is 4. The smallest absolute Gasteiger partial charge is 0.244 e. The number of anilines is 1. The van der Waals surface area contributed by atoms with Crippen molar-refractivity contribution in [2.24, 2.45) is 17.8 Å². The Morgan fingerprint density at radius 1 is 0.951 bits per heavy atom. The van der Waals surface area contributed by atoms with E-state index in [-0.39, 0.29) is 17.9 Å². The fourth-order valence-electron chi connectivity index (χ4n) is 8.03. The highest BCUT2D eigenvalue weighted by atomic mass is 32.2. The zero-order chi connectivity index (χ0) is 29.2. The number of benzene rings is 2. The van der Waals surface area contributed by atoms with Crippen LogP contribution in [-0.2, 0) is 31.4 Å². The molecule has 0 radical (unpaired) electrons. The second-order valence-corrected chi connectivity index (χ2v) is 14.7. The second-order valence-electron chi connectivity index (χ2n) is 12.8. The van der Waals surface area contributed by atoms with E-state index in [1.54, 1.807) is 6.92 Å². The van der Waals surface area contributed by atoms with Gasteiger partial charge >= 0.3 is 0 Å². The molecule has 0 spiro atoms. The van der Waals surface area contributed by atoms with Gasteiger partial charge in [0.15, 0.2) is 0 Å². The van der Waals surface area contributed by atoms with E-state index in [9.17, 15) is 18.0 Å². The third kappa shape index (κ3) is 6.63. The molecule has 0 aromatic heterocycles. The van der Waals surface area contributed by atoms with Gasteiger partial charge in [0.05, 0.1) is 11.9 Å². The van der Waals surface area contributed by atoms with Gasteiger partial charge in [-0.3, -0.25) is 13.9 Å². The van der Waals surface area contributed by atoms with Gasteiger partial charge in [-0.15, -0.1) is 0 Å². The molecule has 222 valence electrons. The molecule has 6 rings (SSSR count). The minimum absolute atomic E-state index is 0.217. The van der Waals surface area contributed by atoms with Gasteiger partial charge in [0, 0.05) is 13.1 Å². The topological polar surface area (TPSA) is 86.8 Å². The molecule has 0 heterocycles. The van der Waals surface area contributed by atoms with Crippen LogP contribution in [0, 0.1) is 17.8 Å². The molecule has 1 atom stereocenters. The van der Waals surface area contributed by atoms with Gasteiger partial charge in [-0.2, -0.15) is 0 Å². The molecule has 0 saturated heterocycles. The first-order valence-corrected chi connectivity index (χ1v) is 17.1. The van der Waals surface area contributed by atoms with Crippen molar-refractivity contribution in [1.29, 1.82) is 0 Å². The molecule has 2 aromatic rings. The SMILES string of the molecule is CCCNC(=O)[C@@H](C)N(CCc1ccccc1)C(=O)CN(c1ccc(C23CC4CC(CC(C4)C2)C3)cc1)S(C)(=O)=O. The third-order valence-corrected chi connectivity index (χ3v) is 10.8. The summed E-state index contributed by atoms with van der Waals surface area (Å²) in [7, 11) is -3.75. The molecule has 2 aromatic carbocycles. The van der Waals surface area contributed by atoms with Gasteiger partial charge in [0.2, 0.25) is 21.8 Å². The zero-order valence-electron chi connectivity index (χ0n) is 24.7. The quantitative estimate of drug-likeness (QED) is 0.387. The van der Waals surface area contributed by atoms with Crippen molar-refractivity contribution in [1.82, 2.24) is 10.2 Å². The minimum Gasteiger partial charge on any atom is -0.354 e. The first-order valence-electron chi connectivity index (χ1n) is 15.3. The van der Waals surface area contributed by atoms with Gasteiger partial charge in [0.25, 0.3) is 0 Å². The molecule has 7 nitrogen and oxygen atoms in total.